The van der Waals surface area contributed by atoms with Gasteiger partial charge in [-0.1, -0.05) is 0 Å². The number of nitrogens with zero attached hydrogens (tertiary/aromatic N) is 1. The monoisotopic (exact) mass is 264 g/mol. The summed E-state index contributed by atoms with van der Waals surface area (Å²) >= 11 is 1.61. The molecule has 5 nitrogen and oxygen atoms in total. The highest BCUT2D eigenvalue weighted by molar-refractivity contribution is 7.17. The molecule has 6 heteroatoms. The first-order chi connectivity index (χ1) is 8.71. The Balaban J connectivity index is 2.00. The molecular weight excluding hydrogens is 252 g/mol. The van der Waals surface area contributed by atoms with Crippen molar-refractivity contribution in [2.45, 2.75) is 12.0 Å². The third-order valence-electron chi connectivity index (χ3n) is 3.17. The number of aliphatic carboxylic acids is 1. The summed E-state index contributed by atoms with van der Waals surface area (Å²) in [5.74, 6) is -0.282. The molecule has 3 rings (SSSR count). The molecule has 0 amide bonds. The minimum atomic E-state index is -1.05. The van der Waals surface area contributed by atoms with E-state index >= 15 is 0 Å². The average Bonchev–Trinajstić information content (AvgIpc) is 2.98. The number of aromatic nitrogens is 1. The van der Waals surface area contributed by atoms with E-state index in [2.05, 4.69) is 10.3 Å². The Kier molecular flexibility index (Phi) is 2.68. The van der Waals surface area contributed by atoms with Crippen molar-refractivity contribution in [3.05, 3.63) is 23.7 Å². The quantitative estimate of drug-likeness (QED) is 0.886. The molecule has 0 radical (unpaired) electrons. The summed E-state index contributed by atoms with van der Waals surface area (Å²) in [6.45, 7) is 0.628. The number of nitrogens with one attached hydrogen (secondary N) is 1. The SMILES string of the molecule is O=C(O)C1(Nc2nccc3sccc23)CCOC1. The number of rotatable bonds is 3. The molecule has 1 atom stereocenters. The molecule has 1 unspecified atom stereocenters. The summed E-state index contributed by atoms with van der Waals surface area (Å²) in [5.41, 5.74) is -1.05. The highest BCUT2D eigenvalue weighted by atomic mass is 32.1. The summed E-state index contributed by atoms with van der Waals surface area (Å²) < 4.78 is 6.31. The molecule has 18 heavy (non-hydrogen) atoms. The van der Waals surface area contributed by atoms with Gasteiger partial charge < -0.3 is 15.2 Å². The zero-order valence-electron chi connectivity index (χ0n) is 9.55. The van der Waals surface area contributed by atoms with Crippen LogP contribution in [0.5, 0.6) is 0 Å². The smallest absolute Gasteiger partial charge is 0.331 e. The van der Waals surface area contributed by atoms with E-state index in [1.165, 1.54) is 0 Å². The van der Waals surface area contributed by atoms with E-state index in [9.17, 15) is 9.90 Å². The normalized spacial score (nSPS) is 23.3. The van der Waals surface area contributed by atoms with E-state index in [1.807, 2.05) is 17.5 Å². The molecule has 2 N–H and O–H groups in total. The van der Waals surface area contributed by atoms with E-state index in [0.29, 0.717) is 18.8 Å². The van der Waals surface area contributed by atoms with Crippen LogP contribution in [0.25, 0.3) is 10.1 Å². The Morgan fingerprint density at radius 3 is 3.17 bits per heavy atom. The van der Waals surface area contributed by atoms with Crippen molar-refractivity contribution in [1.82, 2.24) is 4.98 Å². The maximum atomic E-state index is 11.4. The first kappa shape index (κ1) is 11.4. The van der Waals surface area contributed by atoms with Crippen LogP contribution >= 0.6 is 11.3 Å². The molecule has 3 heterocycles. The van der Waals surface area contributed by atoms with Gasteiger partial charge in [0.05, 0.1) is 6.61 Å². The van der Waals surface area contributed by atoms with Crippen LogP contribution in [0.15, 0.2) is 23.7 Å². The Morgan fingerprint density at radius 1 is 1.56 bits per heavy atom. The highest BCUT2D eigenvalue weighted by Crippen LogP contribution is 2.30. The van der Waals surface area contributed by atoms with Gasteiger partial charge in [-0.25, -0.2) is 9.78 Å². The number of anilines is 1. The predicted molar refractivity (Wildman–Crippen MR) is 69.0 cm³/mol. The van der Waals surface area contributed by atoms with Gasteiger partial charge in [0, 0.05) is 29.3 Å². The van der Waals surface area contributed by atoms with Crippen molar-refractivity contribution in [2.75, 3.05) is 18.5 Å². The number of carboxylic acid groups (broad SMARTS) is 1. The lowest BCUT2D eigenvalue weighted by atomic mass is 9.99. The van der Waals surface area contributed by atoms with Crippen LogP contribution in [-0.4, -0.2) is 34.8 Å². The Morgan fingerprint density at radius 2 is 2.44 bits per heavy atom. The van der Waals surface area contributed by atoms with E-state index in [-0.39, 0.29) is 6.61 Å². The van der Waals surface area contributed by atoms with Crippen molar-refractivity contribution < 1.29 is 14.6 Å². The minimum Gasteiger partial charge on any atom is -0.479 e. The van der Waals surface area contributed by atoms with Crippen molar-refractivity contribution in [3.8, 4) is 0 Å². The van der Waals surface area contributed by atoms with Crippen molar-refractivity contribution in [2.24, 2.45) is 0 Å². The second-order valence-corrected chi connectivity index (χ2v) is 5.25. The fraction of sp³-hybridized carbons (Fsp3) is 0.333. The van der Waals surface area contributed by atoms with Crippen molar-refractivity contribution in [3.63, 3.8) is 0 Å². The van der Waals surface area contributed by atoms with Gasteiger partial charge in [0.15, 0.2) is 5.54 Å². The molecule has 2 aromatic rings. The number of carbonyl (C=O) groups is 1. The molecule has 0 aromatic carbocycles. The van der Waals surface area contributed by atoms with Crippen LogP contribution in [0, 0.1) is 0 Å². The number of hydrogen-bond donors (Lipinski definition) is 2. The predicted octanol–water partition coefficient (Wildman–Crippen LogP) is 1.95. The molecule has 0 saturated carbocycles. The van der Waals surface area contributed by atoms with Gasteiger partial charge in [-0.15, -0.1) is 11.3 Å². The van der Waals surface area contributed by atoms with Gasteiger partial charge in [0.2, 0.25) is 0 Å². The molecule has 2 aromatic heterocycles. The lowest BCUT2D eigenvalue weighted by Gasteiger charge is -2.24. The van der Waals surface area contributed by atoms with Crippen molar-refractivity contribution >= 4 is 33.2 Å². The van der Waals surface area contributed by atoms with Crippen molar-refractivity contribution in [1.29, 1.82) is 0 Å². The fourth-order valence-electron chi connectivity index (χ4n) is 2.11. The van der Waals surface area contributed by atoms with Gasteiger partial charge in [-0.05, 0) is 17.5 Å². The molecule has 94 valence electrons. The zero-order chi connectivity index (χ0) is 12.6. The van der Waals surface area contributed by atoms with Gasteiger partial charge in [-0.2, -0.15) is 0 Å². The standard InChI is InChI=1S/C12H12N2O3S/c15-11(16)12(3-5-17-7-12)14-10-8-2-6-18-9(8)1-4-13-10/h1-2,4,6H,3,5,7H2,(H,13,14)(H,15,16). The number of ether oxygens (including phenoxy) is 1. The lowest BCUT2D eigenvalue weighted by Crippen LogP contribution is -2.47. The van der Waals surface area contributed by atoms with Crippen LogP contribution < -0.4 is 5.32 Å². The molecule has 1 aliphatic heterocycles. The topological polar surface area (TPSA) is 71.5 Å². The Hall–Kier alpha value is -1.66. The van der Waals surface area contributed by atoms with Crippen LogP contribution in [0.1, 0.15) is 6.42 Å². The largest absolute Gasteiger partial charge is 0.479 e. The first-order valence-electron chi connectivity index (χ1n) is 5.63. The number of carboxylic acids is 1. The Bertz CT molecular complexity index is 590. The van der Waals surface area contributed by atoms with Crippen LogP contribution in [0.3, 0.4) is 0 Å². The molecule has 0 spiro atoms. The van der Waals surface area contributed by atoms with Crippen LogP contribution in [0.4, 0.5) is 5.82 Å². The second kappa shape index (κ2) is 4.22. The van der Waals surface area contributed by atoms with Crippen LogP contribution in [0.2, 0.25) is 0 Å². The second-order valence-electron chi connectivity index (χ2n) is 4.31. The maximum Gasteiger partial charge on any atom is 0.331 e. The van der Waals surface area contributed by atoms with E-state index in [1.54, 1.807) is 17.5 Å². The Labute approximate surface area is 107 Å². The lowest BCUT2D eigenvalue weighted by molar-refractivity contribution is -0.142. The highest BCUT2D eigenvalue weighted by Gasteiger charge is 2.43. The molecule has 0 bridgehead atoms. The fourth-order valence-corrected chi connectivity index (χ4v) is 2.89. The zero-order valence-corrected chi connectivity index (χ0v) is 10.4. The third kappa shape index (κ3) is 1.74. The maximum absolute atomic E-state index is 11.4. The summed E-state index contributed by atoms with van der Waals surface area (Å²) in [4.78, 5) is 15.7. The number of hydrogen-bond acceptors (Lipinski definition) is 5. The van der Waals surface area contributed by atoms with Gasteiger partial charge in [-0.3, -0.25) is 0 Å². The summed E-state index contributed by atoms with van der Waals surface area (Å²) in [6, 6.07) is 3.87. The minimum absolute atomic E-state index is 0.171. The van der Waals surface area contributed by atoms with E-state index < -0.39 is 11.5 Å². The van der Waals surface area contributed by atoms with E-state index in [0.717, 1.165) is 10.1 Å². The van der Waals surface area contributed by atoms with E-state index in [4.69, 9.17) is 4.74 Å². The number of fused-ring (bicyclic) bond motifs is 1. The van der Waals surface area contributed by atoms with Gasteiger partial charge in [0.25, 0.3) is 0 Å². The summed E-state index contributed by atoms with van der Waals surface area (Å²) in [7, 11) is 0. The number of pyridine rings is 1. The molecular formula is C12H12N2O3S. The summed E-state index contributed by atoms with van der Waals surface area (Å²) in [6.07, 6.45) is 2.14. The average molecular weight is 264 g/mol. The van der Waals surface area contributed by atoms with Gasteiger partial charge >= 0.3 is 5.97 Å². The molecule has 1 aliphatic rings. The molecule has 1 fully saturated rings. The molecule has 0 aliphatic carbocycles. The molecule has 1 saturated heterocycles. The van der Waals surface area contributed by atoms with Crippen LogP contribution in [-0.2, 0) is 9.53 Å². The number of thiophene rings is 1. The first-order valence-corrected chi connectivity index (χ1v) is 6.51. The van der Waals surface area contributed by atoms with Gasteiger partial charge in [0.1, 0.15) is 5.82 Å². The third-order valence-corrected chi connectivity index (χ3v) is 4.05. The summed E-state index contributed by atoms with van der Waals surface area (Å²) in [5, 5.41) is 15.4.